The van der Waals surface area contributed by atoms with Crippen LogP contribution in [0.4, 0.5) is 0 Å². The van der Waals surface area contributed by atoms with Gasteiger partial charge in [0.15, 0.2) is 10.0 Å². The molecule has 1 unspecified atom stereocenters. The van der Waals surface area contributed by atoms with Crippen molar-refractivity contribution in [3.05, 3.63) is 0 Å². The average Bonchev–Trinajstić information content (AvgIpc) is 2.25. The van der Waals surface area contributed by atoms with Crippen LogP contribution in [0.5, 0.6) is 0 Å². The van der Waals surface area contributed by atoms with Crippen molar-refractivity contribution in [1.82, 2.24) is 4.90 Å². The molecule has 0 aliphatic carbocycles. The number of carbonyl (C=O) groups excluding carboxylic acids is 1. The van der Waals surface area contributed by atoms with Crippen molar-refractivity contribution < 1.29 is 13.6 Å². The number of amides is 1. The number of hydrogen-bond acceptors (Lipinski definition) is 4. The lowest BCUT2D eigenvalue weighted by Gasteiger charge is -2.32. The van der Waals surface area contributed by atoms with Crippen LogP contribution in [0.15, 0.2) is 4.99 Å². The van der Waals surface area contributed by atoms with Gasteiger partial charge in [0.1, 0.15) is 18.1 Å². The van der Waals surface area contributed by atoms with Gasteiger partial charge in [0.25, 0.3) is 0 Å². The van der Waals surface area contributed by atoms with E-state index >= 15 is 0 Å². The van der Waals surface area contributed by atoms with Crippen LogP contribution < -0.4 is 0 Å². The quantitative estimate of drug-likeness (QED) is 0.729. The van der Waals surface area contributed by atoms with Gasteiger partial charge in [-0.2, -0.15) is 0 Å². The molecule has 0 radical (unpaired) electrons. The van der Waals surface area contributed by atoms with Crippen molar-refractivity contribution in [3.8, 4) is 0 Å². The summed E-state index contributed by atoms with van der Waals surface area (Å²) in [5, 5.41) is 0. The maximum absolute atomic E-state index is 11.5. The number of hydrogen-bond donors (Lipinski definition) is 2. The molecule has 2 N–H and O–H groups in total. The molecule has 0 fully saturated rings. The lowest BCUT2D eigenvalue weighted by molar-refractivity contribution is -0.127. The second kappa shape index (κ2) is 3.57. The summed E-state index contributed by atoms with van der Waals surface area (Å²) in [7, 11) is -3.65. The Hall–Kier alpha value is -0.950. The maximum atomic E-state index is 11.5. The minimum atomic E-state index is -3.65. The summed E-state index contributed by atoms with van der Waals surface area (Å²) in [5.74, 6) is -0.355. The molecule has 1 heterocycles. The molecule has 0 aromatic rings. The average molecular weight is 233 g/mol. The van der Waals surface area contributed by atoms with Gasteiger partial charge in [-0.3, -0.25) is 14.7 Å². The number of aliphatic imine (C=N–C) groups is 1. The summed E-state index contributed by atoms with van der Waals surface area (Å²) in [6, 6.07) is 0. The Morgan fingerprint density at radius 3 is 2.53 bits per heavy atom. The van der Waals surface area contributed by atoms with Crippen molar-refractivity contribution >= 4 is 21.8 Å². The van der Waals surface area contributed by atoms with Gasteiger partial charge in [-0.05, 0) is 20.8 Å². The highest BCUT2D eigenvalue weighted by Crippen LogP contribution is 2.19. The first kappa shape index (κ1) is 12.1. The number of amidine groups is 1. The third kappa shape index (κ3) is 3.00. The summed E-state index contributed by atoms with van der Waals surface area (Å²) in [5.41, 5.74) is -0.475. The zero-order valence-electron chi connectivity index (χ0n) is 8.98. The summed E-state index contributed by atoms with van der Waals surface area (Å²) in [6.45, 7) is 5.45. The van der Waals surface area contributed by atoms with Crippen LogP contribution in [0.25, 0.3) is 0 Å². The molecular formula is C8H15N3O3S. The number of nitrogens with one attached hydrogen (secondary N) is 1. The SMILES string of the molecule is CC(C)(C)N1C(=O)CN=C1CS(=N)(=O)O. The highest BCUT2D eigenvalue weighted by Gasteiger charge is 2.35. The molecule has 1 atom stereocenters. The molecule has 1 amide bonds. The number of rotatable bonds is 2. The Morgan fingerprint density at radius 2 is 2.13 bits per heavy atom. The van der Waals surface area contributed by atoms with E-state index in [1.165, 1.54) is 4.90 Å². The van der Waals surface area contributed by atoms with Crippen LogP contribution in [-0.4, -0.2) is 43.2 Å². The van der Waals surface area contributed by atoms with E-state index in [1.807, 2.05) is 20.8 Å². The smallest absolute Gasteiger partial charge is 0.250 e. The zero-order chi connectivity index (χ0) is 11.9. The van der Waals surface area contributed by atoms with Crippen molar-refractivity contribution in [3.63, 3.8) is 0 Å². The molecule has 0 saturated carbocycles. The fraction of sp³-hybridized carbons (Fsp3) is 0.750. The van der Waals surface area contributed by atoms with Crippen molar-refractivity contribution in [2.75, 3.05) is 12.3 Å². The van der Waals surface area contributed by atoms with E-state index in [0.29, 0.717) is 0 Å². The molecule has 0 aromatic carbocycles. The number of carbonyl (C=O) groups is 1. The number of nitrogens with zero attached hydrogens (tertiary/aromatic N) is 2. The predicted octanol–water partition coefficient (Wildman–Crippen LogP) is 0.545. The lowest BCUT2D eigenvalue weighted by atomic mass is 10.1. The van der Waals surface area contributed by atoms with Gasteiger partial charge in [-0.15, -0.1) is 0 Å². The van der Waals surface area contributed by atoms with Gasteiger partial charge in [0.2, 0.25) is 5.91 Å². The van der Waals surface area contributed by atoms with Gasteiger partial charge in [0.05, 0.1) is 0 Å². The first-order chi connectivity index (χ1) is 6.61. The van der Waals surface area contributed by atoms with E-state index in [9.17, 15) is 9.00 Å². The molecule has 0 bridgehead atoms. The maximum Gasteiger partial charge on any atom is 0.250 e. The van der Waals surface area contributed by atoms with Crippen molar-refractivity contribution in [1.29, 1.82) is 4.78 Å². The molecule has 1 aliphatic heterocycles. The summed E-state index contributed by atoms with van der Waals surface area (Å²) < 4.78 is 26.8. The van der Waals surface area contributed by atoms with Crippen LogP contribution in [0.2, 0.25) is 0 Å². The predicted molar refractivity (Wildman–Crippen MR) is 57.3 cm³/mol. The summed E-state index contributed by atoms with van der Waals surface area (Å²) in [6.07, 6.45) is 0. The molecule has 7 heteroatoms. The highest BCUT2D eigenvalue weighted by molar-refractivity contribution is 7.87. The van der Waals surface area contributed by atoms with Gasteiger partial charge in [0, 0.05) is 5.54 Å². The Balaban J connectivity index is 2.96. The Labute approximate surface area is 89.2 Å². The molecule has 0 saturated heterocycles. The molecule has 6 nitrogen and oxygen atoms in total. The molecule has 0 aromatic heterocycles. The van der Waals surface area contributed by atoms with Crippen LogP contribution >= 0.6 is 0 Å². The minimum Gasteiger partial charge on any atom is -0.300 e. The zero-order valence-corrected chi connectivity index (χ0v) is 9.80. The van der Waals surface area contributed by atoms with Gasteiger partial charge in [-0.1, -0.05) is 0 Å². The summed E-state index contributed by atoms with van der Waals surface area (Å²) >= 11 is 0. The molecular weight excluding hydrogens is 218 g/mol. The van der Waals surface area contributed by atoms with Crippen molar-refractivity contribution in [2.45, 2.75) is 26.3 Å². The molecule has 0 spiro atoms. The van der Waals surface area contributed by atoms with Crippen LogP contribution in [0.3, 0.4) is 0 Å². The second-order valence-electron chi connectivity index (χ2n) is 4.42. The Kier molecular flexibility index (Phi) is 2.88. The molecule has 1 aliphatic rings. The van der Waals surface area contributed by atoms with E-state index in [1.54, 1.807) is 0 Å². The Morgan fingerprint density at radius 1 is 1.60 bits per heavy atom. The lowest BCUT2D eigenvalue weighted by Crippen LogP contribution is -2.48. The van der Waals surface area contributed by atoms with E-state index in [4.69, 9.17) is 9.33 Å². The largest absolute Gasteiger partial charge is 0.300 e. The van der Waals surface area contributed by atoms with Crippen LogP contribution in [0.1, 0.15) is 20.8 Å². The van der Waals surface area contributed by atoms with Crippen LogP contribution in [-0.2, 0) is 14.8 Å². The standard InChI is InChI=1S/C8H15N3O3S/c1-8(2,3)11-6(5-15(9,13)14)10-4-7(11)12/h4-5H2,1-3H3,(H2,9,13,14). The van der Waals surface area contributed by atoms with E-state index in [-0.39, 0.29) is 18.3 Å². The summed E-state index contributed by atoms with van der Waals surface area (Å²) in [4.78, 5) is 16.8. The van der Waals surface area contributed by atoms with E-state index in [2.05, 4.69) is 4.99 Å². The third-order valence-electron chi connectivity index (χ3n) is 1.90. The fourth-order valence-electron chi connectivity index (χ4n) is 1.49. The van der Waals surface area contributed by atoms with Gasteiger partial charge in [-0.25, -0.2) is 8.99 Å². The van der Waals surface area contributed by atoms with Gasteiger partial charge < -0.3 is 4.55 Å². The normalized spacial score (nSPS) is 21.5. The second-order valence-corrected chi connectivity index (χ2v) is 5.99. The monoisotopic (exact) mass is 233 g/mol. The highest BCUT2D eigenvalue weighted by atomic mass is 32.2. The van der Waals surface area contributed by atoms with E-state index in [0.717, 1.165) is 0 Å². The van der Waals surface area contributed by atoms with Crippen molar-refractivity contribution in [2.24, 2.45) is 4.99 Å². The molecule has 15 heavy (non-hydrogen) atoms. The van der Waals surface area contributed by atoms with Crippen LogP contribution in [0, 0.1) is 4.78 Å². The molecule has 86 valence electrons. The minimum absolute atomic E-state index is 0.00211. The first-order valence-corrected chi connectivity index (χ1v) is 6.15. The first-order valence-electron chi connectivity index (χ1n) is 4.46. The molecule has 1 rings (SSSR count). The Bertz CT molecular complexity index is 405. The third-order valence-corrected chi connectivity index (χ3v) is 2.55. The topological polar surface area (TPSA) is 93.8 Å². The van der Waals surface area contributed by atoms with E-state index < -0.39 is 21.3 Å². The van der Waals surface area contributed by atoms with Gasteiger partial charge >= 0.3 is 0 Å². The fourth-order valence-corrected chi connectivity index (χ4v) is 2.06.